The molecule has 0 fully saturated rings. The van der Waals surface area contributed by atoms with Crippen LogP contribution < -0.4 is 4.31 Å². The minimum atomic E-state index is -3.86. The fourth-order valence-electron chi connectivity index (χ4n) is 2.99. The Morgan fingerprint density at radius 2 is 1.79 bits per heavy atom. The van der Waals surface area contributed by atoms with Gasteiger partial charge in [-0.1, -0.05) is 30.3 Å². The van der Waals surface area contributed by atoms with Gasteiger partial charge in [0.15, 0.2) is 11.6 Å². The zero-order chi connectivity index (χ0) is 19.9. The summed E-state index contributed by atoms with van der Waals surface area (Å²) in [6, 6.07) is 14.3. The van der Waals surface area contributed by atoms with Crippen LogP contribution in [0.15, 0.2) is 64.2 Å². The Morgan fingerprint density at radius 1 is 1.00 bits per heavy atom. The molecule has 0 spiro atoms. The molecule has 0 atom stereocenters. The minimum Gasteiger partial charge on any atom is -0.252 e. The molecule has 0 saturated carbocycles. The van der Waals surface area contributed by atoms with E-state index in [2.05, 4.69) is 0 Å². The van der Waals surface area contributed by atoms with Crippen LogP contribution in [0.25, 0.3) is 10.1 Å². The molecule has 4 aromatic rings. The van der Waals surface area contributed by atoms with Gasteiger partial charge < -0.3 is 0 Å². The van der Waals surface area contributed by atoms with Crippen LogP contribution in [0.2, 0.25) is 0 Å². The summed E-state index contributed by atoms with van der Waals surface area (Å²) in [7, 11) is -3.86. The summed E-state index contributed by atoms with van der Waals surface area (Å²) in [6.07, 6.45) is 0. The predicted molar refractivity (Wildman–Crippen MR) is 111 cm³/mol. The Hall–Kier alpha value is -2.29. The standard InChI is InChI=1S/C20H15F2NO2S3/c1-13-15-5-2-3-6-18(15)27-20(13)23(28(24,25)19-7-4-10-26-19)12-14-8-9-16(21)17(22)11-14/h2-11H,12H2,1H3. The van der Waals surface area contributed by atoms with Crippen LogP contribution in [0.1, 0.15) is 11.1 Å². The SMILES string of the molecule is Cc1c(N(Cc2ccc(F)c(F)c2)S(=O)(=O)c2cccs2)sc2ccccc12. The number of rotatable bonds is 5. The zero-order valence-corrected chi connectivity index (χ0v) is 17.2. The molecule has 0 unspecified atom stereocenters. The van der Waals surface area contributed by atoms with Gasteiger partial charge in [0.2, 0.25) is 0 Å². The van der Waals surface area contributed by atoms with E-state index in [0.717, 1.165) is 39.1 Å². The molecule has 144 valence electrons. The molecule has 3 nitrogen and oxygen atoms in total. The van der Waals surface area contributed by atoms with Crippen LogP contribution in [-0.4, -0.2) is 8.42 Å². The van der Waals surface area contributed by atoms with Crippen molar-refractivity contribution in [1.29, 1.82) is 0 Å². The van der Waals surface area contributed by atoms with Gasteiger partial charge in [-0.3, -0.25) is 4.31 Å². The lowest BCUT2D eigenvalue weighted by Crippen LogP contribution is -2.30. The molecular formula is C20H15F2NO2S3. The van der Waals surface area contributed by atoms with Crippen LogP contribution >= 0.6 is 22.7 Å². The number of anilines is 1. The summed E-state index contributed by atoms with van der Waals surface area (Å²) in [6.45, 7) is 1.78. The van der Waals surface area contributed by atoms with Crippen molar-refractivity contribution < 1.29 is 17.2 Å². The van der Waals surface area contributed by atoms with Crippen LogP contribution in [0.3, 0.4) is 0 Å². The Labute approximate surface area is 169 Å². The summed E-state index contributed by atoms with van der Waals surface area (Å²) in [4.78, 5) is 0. The summed E-state index contributed by atoms with van der Waals surface area (Å²) in [5.41, 5.74) is 1.21. The average molecular weight is 436 g/mol. The first-order chi connectivity index (χ1) is 13.4. The molecule has 2 heterocycles. The van der Waals surface area contributed by atoms with E-state index in [1.165, 1.54) is 21.7 Å². The number of hydrogen-bond donors (Lipinski definition) is 0. The lowest BCUT2D eigenvalue weighted by molar-refractivity contribution is 0.507. The summed E-state index contributed by atoms with van der Waals surface area (Å²) >= 11 is 2.49. The van der Waals surface area contributed by atoms with Crippen molar-refractivity contribution in [3.05, 3.63) is 82.7 Å². The van der Waals surface area contributed by atoms with E-state index in [0.29, 0.717) is 10.6 Å². The van der Waals surface area contributed by atoms with Crippen molar-refractivity contribution in [3.63, 3.8) is 0 Å². The quantitative estimate of drug-likeness (QED) is 0.389. The number of fused-ring (bicyclic) bond motifs is 1. The number of halogens is 2. The van der Waals surface area contributed by atoms with Crippen LogP contribution in [-0.2, 0) is 16.6 Å². The molecule has 8 heteroatoms. The third-order valence-corrected chi connectivity index (χ3v) is 8.92. The third kappa shape index (κ3) is 3.32. The molecule has 4 rings (SSSR count). The van der Waals surface area contributed by atoms with Gasteiger partial charge in [-0.25, -0.2) is 17.2 Å². The maximum absolute atomic E-state index is 13.7. The van der Waals surface area contributed by atoms with Gasteiger partial charge >= 0.3 is 0 Å². The number of aryl methyl sites for hydroxylation is 1. The predicted octanol–water partition coefficient (Wildman–Crippen LogP) is 5.94. The smallest absolute Gasteiger partial charge is 0.252 e. The summed E-state index contributed by atoms with van der Waals surface area (Å²) in [5.74, 6) is -1.96. The summed E-state index contributed by atoms with van der Waals surface area (Å²) in [5, 5.41) is 3.24. The largest absolute Gasteiger partial charge is 0.274 e. The molecule has 0 N–H and O–H groups in total. The average Bonchev–Trinajstić information content (AvgIpc) is 3.32. The van der Waals surface area contributed by atoms with E-state index < -0.39 is 21.7 Å². The zero-order valence-electron chi connectivity index (χ0n) is 14.7. The second kappa shape index (κ2) is 7.27. The topological polar surface area (TPSA) is 37.4 Å². The molecule has 0 saturated heterocycles. The highest BCUT2D eigenvalue weighted by Crippen LogP contribution is 2.41. The van der Waals surface area contributed by atoms with Gasteiger partial charge in [-0.2, -0.15) is 0 Å². The molecule has 0 bridgehead atoms. The first-order valence-electron chi connectivity index (χ1n) is 8.36. The van der Waals surface area contributed by atoms with Crippen molar-refractivity contribution in [2.24, 2.45) is 0 Å². The normalized spacial score (nSPS) is 11.8. The summed E-state index contributed by atoms with van der Waals surface area (Å²) < 4.78 is 56.2. The maximum Gasteiger partial charge on any atom is 0.274 e. The van der Waals surface area contributed by atoms with E-state index in [-0.39, 0.29) is 10.8 Å². The van der Waals surface area contributed by atoms with Crippen LogP contribution in [0, 0.1) is 18.6 Å². The number of sulfonamides is 1. The highest BCUT2D eigenvalue weighted by molar-refractivity contribution is 7.95. The molecule has 0 aliphatic rings. The fourth-order valence-corrected chi connectivity index (χ4v) is 7.02. The number of thiophene rings is 2. The van der Waals surface area contributed by atoms with Gasteiger partial charge in [-0.15, -0.1) is 22.7 Å². The number of benzene rings is 2. The molecule has 2 aromatic carbocycles. The number of hydrogen-bond acceptors (Lipinski definition) is 4. The third-order valence-electron chi connectivity index (χ3n) is 4.39. The van der Waals surface area contributed by atoms with Gasteiger partial charge in [0.1, 0.15) is 9.21 Å². The van der Waals surface area contributed by atoms with Crippen molar-refractivity contribution in [3.8, 4) is 0 Å². The highest BCUT2D eigenvalue weighted by Gasteiger charge is 2.29. The van der Waals surface area contributed by atoms with E-state index in [1.807, 2.05) is 31.2 Å². The second-order valence-corrected chi connectivity index (χ2v) is 10.3. The number of nitrogens with zero attached hydrogens (tertiary/aromatic N) is 1. The highest BCUT2D eigenvalue weighted by atomic mass is 32.2. The molecule has 0 amide bonds. The van der Waals surface area contributed by atoms with Gasteiger partial charge in [0.25, 0.3) is 10.0 Å². The molecule has 0 radical (unpaired) electrons. The van der Waals surface area contributed by atoms with E-state index in [1.54, 1.807) is 17.5 Å². The first kappa shape index (κ1) is 19.0. The molecule has 0 aliphatic heterocycles. The molecular weight excluding hydrogens is 420 g/mol. The van der Waals surface area contributed by atoms with E-state index in [4.69, 9.17) is 0 Å². The Morgan fingerprint density at radius 3 is 2.46 bits per heavy atom. The van der Waals surface area contributed by atoms with Crippen molar-refractivity contribution in [1.82, 2.24) is 0 Å². The van der Waals surface area contributed by atoms with E-state index in [9.17, 15) is 17.2 Å². The van der Waals surface area contributed by atoms with Gasteiger partial charge in [0.05, 0.1) is 6.54 Å². The molecule has 28 heavy (non-hydrogen) atoms. The maximum atomic E-state index is 13.7. The first-order valence-corrected chi connectivity index (χ1v) is 11.5. The van der Waals surface area contributed by atoms with Crippen LogP contribution in [0.4, 0.5) is 13.8 Å². The molecule has 0 aliphatic carbocycles. The lowest BCUT2D eigenvalue weighted by atomic mass is 10.2. The fraction of sp³-hybridized carbons (Fsp3) is 0.100. The van der Waals surface area contributed by atoms with Crippen molar-refractivity contribution in [2.75, 3.05) is 4.31 Å². The Kier molecular flexibility index (Phi) is 4.95. The second-order valence-electron chi connectivity index (χ2n) is 6.22. The van der Waals surface area contributed by atoms with Crippen molar-refractivity contribution >= 4 is 47.8 Å². The van der Waals surface area contributed by atoms with Gasteiger partial charge in [0, 0.05) is 4.70 Å². The monoisotopic (exact) mass is 435 g/mol. The van der Waals surface area contributed by atoms with E-state index >= 15 is 0 Å². The van der Waals surface area contributed by atoms with Crippen LogP contribution in [0.5, 0.6) is 0 Å². The minimum absolute atomic E-state index is 0.0922. The molecule has 2 aromatic heterocycles. The lowest BCUT2D eigenvalue weighted by Gasteiger charge is -2.23. The Bertz CT molecular complexity index is 1250. The van der Waals surface area contributed by atoms with Gasteiger partial charge in [-0.05, 0) is 53.1 Å². The van der Waals surface area contributed by atoms with Crippen molar-refractivity contribution in [2.45, 2.75) is 17.7 Å². The Balaban J connectivity index is 1.88.